The summed E-state index contributed by atoms with van der Waals surface area (Å²) in [5.41, 5.74) is 5.57. The number of likely N-dealkylation sites (tertiary alicyclic amines) is 1. The largest absolute Gasteiger partial charge is 0.379 e. The molecule has 0 atom stereocenters. The van der Waals surface area contributed by atoms with Crippen LogP contribution in [0.4, 0.5) is 5.69 Å². The summed E-state index contributed by atoms with van der Waals surface area (Å²) in [4.78, 5) is 25.7. The Morgan fingerprint density at radius 2 is 1.83 bits per heavy atom. The number of amides is 2. The first-order chi connectivity index (χ1) is 13.8. The van der Waals surface area contributed by atoms with E-state index in [0.29, 0.717) is 39.1 Å². The van der Waals surface area contributed by atoms with Crippen molar-refractivity contribution in [3.63, 3.8) is 0 Å². The Hall–Kier alpha value is -1.72. The second-order valence-corrected chi connectivity index (χ2v) is 9.50. The van der Waals surface area contributed by atoms with E-state index in [4.69, 9.17) is 22.1 Å². The summed E-state index contributed by atoms with van der Waals surface area (Å²) in [6.45, 7) is 2.59. The van der Waals surface area contributed by atoms with Crippen molar-refractivity contribution in [2.75, 3.05) is 51.3 Å². The summed E-state index contributed by atoms with van der Waals surface area (Å²) in [6.07, 6.45) is 1.24. The number of carbonyl (C=O) groups is 2. The highest BCUT2D eigenvalue weighted by molar-refractivity contribution is 7.89. The molecule has 2 fully saturated rings. The normalized spacial score (nSPS) is 19.8. The minimum Gasteiger partial charge on any atom is -0.379 e. The number of nitrogens with two attached hydrogens (primary N) is 1. The molecule has 0 radical (unpaired) electrons. The number of sulfonamides is 1. The smallest absolute Gasteiger partial charge is 0.243 e. The Labute approximate surface area is 175 Å². The van der Waals surface area contributed by atoms with E-state index in [1.165, 1.54) is 22.5 Å². The van der Waals surface area contributed by atoms with Gasteiger partial charge in [0.2, 0.25) is 21.8 Å². The van der Waals surface area contributed by atoms with Crippen molar-refractivity contribution in [2.45, 2.75) is 17.7 Å². The molecular formula is C18H25ClN4O5S. The lowest BCUT2D eigenvalue weighted by Gasteiger charge is -2.29. The van der Waals surface area contributed by atoms with Crippen molar-refractivity contribution < 1.29 is 22.7 Å². The number of carbonyl (C=O) groups excluding carboxylic acids is 2. The van der Waals surface area contributed by atoms with Crippen molar-refractivity contribution in [2.24, 2.45) is 11.7 Å². The number of hydrogen-bond donors (Lipinski definition) is 2. The van der Waals surface area contributed by atoms with Gasteiger partial charge < -0.3 is 15.8 Å². The summed E-state index contributed by atoms with van der Waals surface area (Å²) in [5, 5.41) is 2.95. The number of benzene rings is 1. The first kappa shape index (κ1) is 22.0. The molecule has 160 valence electrons. The summed E-state index contributed by atoms with van der Waals surface area (Å²) >= 11 is 6.16. The Morgan fingerprint density at radius 1 is 1.17 bits per heavy atom. The molecule has 0 spiro atoms. The van der Waals surface area contributed by atoms with Gasteiger partial charge in [-0.05, 0) is 44.1 Å². The second kappa shape index (κ2) is 9.40. The summed E-state index contributed by atoms with van der Waals surface area (Å²) in [6, 6.07) is 4.27. The average Bonchev–Trinajstić information content (AvgIpc) is 2.70. The van der Waals surface area contributed by atoms with Gasteiger partial charge in [-0.25, -0.2) is 8.42 Å². The molecule has 3 rings (SSSR count). The third kappa shape index (κ3) is 5.46. The highest BCUT2D eigenvalue weighted by atomic mass is 35.5. The second-order valence-electron chi connectivity index (χ2n) is 7.16. The van der Waals surface area contributed by atoms with Gasteiger partial charge in [-0.1, -0.05) is 11.6 Å². The van der Waals surface area contributed by atoms with Crippen LogP contribution in [-0.2, 0) is 24.3 Å². The Kier molecular flexibility index (Phi) is 7.12. The molecule has 0 saturated carbocycles. The van der Waals surface area contributed by atoms with Crippen molar-refractivity contribution in [1.29, 1.82) is 0 Å². The van der Waals surface area contributed by atoms with E-state index in [1.807, 2.05) is 4.90 Å². The van der Waals surface area contributed by atoms with Crippen LogP contribution >= 0.6 is 11.6 Å². The standard InChI is InChI=1S/C18H25ClN4O5S/c19-15-2-1-14(29(26,27)23-7-9-28-10-8-23)11-16(15)21-17(24)12-22-5-3-13(4-6-22)18(20)25/h1-2,11,13H,3-10,12H2,(H2,20,25)(H,21,24). The molecule has 9 nitrogen and oxygen atoms in total. The molecule has 2 aliphatic heterocycles. The van der Waals surface area contributed by atoms with Crippen LogP contribution in [0.25, 0.3) is 0 Å². The highest BCUT2D eigenvalue weighted by Gasteiger charge is 2.28. The van der Waals surface area contributed by atoms with Crippen molar-refractivity contribution in [3.8, 4) is 0 Å². The van der Waals surface area contributed by atoms with Crippen LogP contribution in [0, 0.1) is 5.92 Å². The number of halogens is 1. The van der Waals surface area contributed by atoms with Crippen LogP contribution in [0.3, 0.4) is 0 Å². The number of hydrogen-bond acceptors (Lipinski definition) is 6. The molecule has 2 heterocycles. The third-order valence-corrected chi connectivity index (χ3v) is 7.40. The van der Waals surface area contributed by atoms with Gasteiger partial charge in [0.1, 0.15) is 0 Å². The van der Waals surface area contributed by atoms with E-state index in [0.717, 1.165) is 0 Å². The molecule has 2 saturated heterocycles. The van der Waals surface area contributed by atoms with Crippen molar-refractivity contribution in [3.05, 3.63) is 23.2 Å². The predicted octanol–water partition coefficient (Wildman–Crippen LogP) is 0.497. The predicted molar refractivity (Wildman–Crippen MR) is 108 cm³/mol. The fourth-order valence-electron chi connectivity index (χ4n) is 3.47. The zero-order valence-electron chi connectivity index (χ0n) is 16.0. The number of piperidine rings is 1. The lowest BCUT2D eigenvalue weighted by atomic mass is 9.96. The van der Waals surface area contributed by atoms with E-state index in [2.05, 4.69) is 5.32 Å². The molecule has 11 heteroatoms. The van der Waals surface area contributed by atoms with Gasteiger partial charge in [-0.2, -0.15) is 4.31 Å². The van der Waals surface area contributed by atoms with Gasteiger partial charge in [0.05, 0.1) is 35.4 Å². The summed E-state index contributed by atoms with van der Waals surface area (Å²) in [5.74, 6) is -0.754. The fourth-order valence-corrected chi connectivity index (χ4v) is 5.06. The molecule has 0 aliphatic carbocycles. The molecule has 0 bridgehead atoms. The lowest BCUT2D eigenvalue weighted by Crippen LogP contribution is -2.42. The van der Waals surface area contributed by atoms with Gasteiger partial charge in [0, 0.05) is 19.0 Å². The van der Waals surface area contributed by atoms with Crippen LogP contribution in [-0.4, -0.2) is 75.4 Å². The number of nitrogens with zero attached hydrogens (tertiary/aromatic N) is 2. The fraction of sp³-hybridized carbons (Fsp3) is 0.556. The summed E-state index contributed by atoms with van der Waals surface area (Å²) in [7, 11) is -3.69. The van der Waals surface area contributed by atoms with Crippen LogP contribution in [0.5, 0.6) is 0 Å². The van der Waals surface area contributed by atoms with Gasteiger partial charge in [0.15, 0.2) is 0 Å². The van der Waals surface area contributed by atoms with Crippen LogP contribution in [0.1, 0.15) is 12.8 Å². The Bertz CT molecular complexity index is 865. The monoisotopic (exact) mass is 444 g/mol. The van der Waals surface area contributed by atoms with E-state index < -0.39 is 10.0 Å². The number of morpholine rings is 1. The number of primary amides is 1. The van der Waals surface area contributed by atoms with Gasteiger partial charge >= 0.3 is 0 Å². The number of ether oxygens (including phenoxy) is 1. The van der Waals surface area contributed by atoms with Crippen LogP contribution in [0.15, 0.2) is 23.1 Å². The van der Waals surface area contributed by atoms with E-state index >= 15 is 0 Å². The van der Waals surface area contributed by atoms with Crippen LogP contribution in [0.2, 0.25) is 5.02 Å². The van der Waals surface area contributed by atoms with Gasteiger partial charge in [-0.15, -0.1) is 0 Å². The zero-order chi connectivity index (χ0) is 21.0. The molecule has 0 unspecified atom stereocenters. The topological polar surface area (TPSA) is 122 Å². The van der Waals surface area contributed by atoms with Gasteiger partial charge in [0.25, 0.3) is 0 Å². The molecule has 29 heavy (non-hydrogen) atoms. The Morgan fingerprint density at radius 3 is 2.45 bits per heavy atom. The average molecular weight is 445 g/mol. The minimum absolute atomic E-state index is 0.0707. The maximum atomic E-state index is 12.8. The molecule has 3 N–H and O–H groups in total. The van der Waals surface area contributed by atoms with Gasteiger partial charge in [-0.3, -0.25) is 14.5 Å². The first-order valence-corrected chi connectivity index (χ1v) is 11.3. The van der Waals surface area contributed by atoms with Crippen molar-refractivity contribution in [1.82, 2.24) is 9.21 Å². The Balaban J connectivity index is 1.64. The molecular weight excluding hydrogens is 420 g/mol. The molecule has 2 amide bonds. The third-order valence-electron chi connectivity index (χ3n) is 5.18. The van der Waals surface area contributed by atoms with Crippen LogP contribution < -0.4 is 11.1 Å². The maximum absolute atomic E-state index is 12.8. The zero-order valence-corrected chi connectivity index (χ0v) is 17.5. The summed E-state index contributed by atoms with van der Waals surface area (Å²) < 4.78 is 32.2. The van der Waals surface area contributed by atoms with Crippen molar-refractivity contribution >= 4 is 39.1 Å². The quantitative estimate of drug-likeness (QED) is 0.658. The first-order valence-electron chi connectivity index (χ1n) is 9.46. The van der Waals surface area contributed by atoms with E-state index in [9.17, 15) is 18.0 Å². The molecule has 1 aromatic rings. The maximum Gasteiger partial charge on any atom is 0.243 e. The minimum atomic E-state index is -3.69. The molecule has 1 aromatic carbocycles. The van der Waals surface area contributed by atoms with E-state index in [1.54, 1.807) is 0 Å². The number of rotatable bonds is 6. The lowest BCUT2D eigenvalue weighted by molar-refractivity contribution is -0.123. The highest BCUT2D eigenvalue weighted by Crippen LogP contribution is 2.27. The number of anilines is 1. The van der Waals surface area contributed by atoms with E-state index in [-0.39, 0.29) is 53.0 Å². The SMILES string of the molecule is NC(=O)C1CCN(CC(=O)Nc2cc(S(=O)(=O)N3CCOCC3)ccc2Cl)CC1. The molecule has 0 aromatic heterocycles. The number of nitrogens with one attached hydrogen (secondary N) is 1. The molecule has 2 aliphatic rings.